The molecule has 4 nitrogen and oxygen atoms in total. The molecule has 1 saturated heterocycles. The molecule has 1 atom stereocenters. The second kappa shape index (κ2) is 6.90. The fourth-order valence-corrected chi connectivity index (χ4v) is 2.84. The minimum Gasteiger partial charge on any atom is -0.314 e. The zero-order valence-corrected chi connectivity index (χ0v) is 11.7. The summed E-state index contributed by atoms with van der Waals surface area (Å²) < 4.78 is 2.02. The van der Waals surface area contributed by atoms with Crippen LogP contribution in [0.4, 0.5) is 0 Å². The summed E-state index contributed by atoms with van der Waals surface area (Å²) in [5.74, 6) is 0.853. The third kappa shape index (κ3) is 3.82. The Bertz CT molecular complexity index is 315. The molecule has 0 aromatic carbocycles. The minimum absolute atomic E-state index is 0.670. The first kappa shape index (κ1) is 13.6. The van der Waals surface area contributed by atoms with E-state index in [1.165, 1.54) is 25.9 Å². The van der Waals surface area contributed by atoms with Gasteiger partial charge in [-0.1, -0.05) is 6.92 Å². The molecule has 1 N–H and O–H groups in total. The lowest BCUT2D eigenvalue weighted by Crippen LogP contribution is -2.42. The number of hydrogen-bond acceptors (Lipinski definition) is 3. The van der Waals surface area contributed by atoms with Crippen LogP contribution >= 0.6 is 0 Å². The highest BCUT2D eigenvalue weighted by Crippen LogP contribution is 2.20. The van der Waals surface area contributed by atoms with Gasteiger partial charge in [-0.3, -0.25) is 4.68 Å². The molecule has 1 fully saturated rings. The Kier molecular flexibility index (Phi) is 5.20. The Morgan fingerprint density at radius 2 is 2.11 bits per heavy atom. The quantitative estimate of drug-likeness (QED) is 0.832. The van der Waals surface area contributed by atoms with Crippen LogP contribution in [-0.4, -0.2) is 46.9 Å². The summed E-state index contributed by atoms with van der Waals surface area (Å²) in [6.07, 6.45) is 6.55. The predicted octanol–water partition coefficient (Wildman–Crippen LogP) is 1.59. The number of likely N-dealkylation sites (tertiary alicyclic amines) is 1. The number of piperidine rings is 1. The van der Waals surface area contributed by atoms with E-state index in [4.69, 9.17) is 0 Å². The maximum Gasteiger partial charge on any atom is 0.0536 e. The largest absolute Gasteiger partial charge is 0.314 e. The standard InChI is InChI=1S/C14H26N4/c1-3-15-13(2)14-5-9-17(10-6-14)11-12-18-8-4-7-16-18/h4,7-8,13-15H,3,5-6,9-12H2,1-2H3. The monoisotopic (exact) mass is 250 g/mol. The molecular weight excluding hydrogens is 224 g/mol. The van der Waals surface area contributed by atoms with Gasteiger partial charge in [0.25, 0.3) is 0 Å². The summed E-state index contributed by atoms with van der Waals surface area (Å²) in [5, 5.41) is 7.80. The van der Waals surface area contributed by atoms with E-state index in [1.54, 1.807) is 0 Å². The van der Waals surface area contributed by atoms with Gasteiger partial charge in [-0.25, -0.2) is 0 Å². The van der Waals surface area contributed by atoms with Crippen LogP contribution in [-0.2, 0) is 6.54 Å². The molecule has 1 aliphatic rings. The molecular formula is C14H26N4. The van der Waals surface area contributed by atoms with Crippen LogP contribution in [0.1, 0.15) is 26.7 Å². The Morgan fingerprint density at radius 3 is 2.72 bits per heavy atom. The molecule has 0 amide bonds. The van der Waals surface area contributed by atoms with Crippen LogP contribution in [0.5, 0.6) is 0 Å². The highest BCUT2D eigenvalue weighted by molar-refractivity contribution is 4.81. The summed E-state index contributed by atoms with van der Waals surface area (Å²) >= 11 is 0. The lowest BCUT2D eigenvalue weighted by Gasteiger charge is -2.35. The fraction of sp³-hybridized carbons (Fsp3) is 0.786. The van der Waals surface area contributed by atoms with Crippen molar-refractivity contribution in [3.05, 3.63) is 18.5 Å². The molecule has 2 rings (SSSR count). The van der Waals surface area contributed by atoms with Crippen LogP contribution < -0.4 is 5.32 Å². The van der Waals surface area contributed by atoms with Crippen molar-refractivity contribution in [3.63, 3.8) is 0 Å². The van der Waals surface area contributed by atoms with Gasteiger partial charge < -0.3 is 10.2 Å². The zero-order chi connectivity index (χ0) is 12.8. The highest BCUT2D eigenvalue weighted by atomic mass is 15.3. The molecule has 1 aliphatic heterocycles. The van der Waals surface area contributed by atoms with Crippen LogP contribution in [0.15, 0.2) is 18.5 Å². The first-order chi connectivity index (χ1) is 8.79. The maximum absolute atomic E-state index is 4.25. The summed E-state index contributed by atoms with van der Waals surface area (Å²) in [7, 11) is 0. The predicted molar refractivity (Wildman–Crippen MR) is 74.5 cm³/mol. The Morgan fingerprint density at radius 1 is 1.33 bits per heavy atom. The second-order valence-electron chi connectivity index (χ2n) is 5.29. The molecule has 0 saturated carbocycles. The highest BCUT2D eigenvalue weighted by Gasteiger charge is 2.22. The smallest absolute Gasteiger partial charge is 0.0536 e. The van der Waals surface area contributed by atoms with Crippen molar-refractivity contribution >= 4 is 0 Å². The van der Waals surface area contributed by atoms with Gasteiger partial charge in [0.2, 0.25) is 0 Å². The van der Waals surface area contributed by atoms with Crippen LogP contribution in [0, 0.1) is 5.92 Å². The fourth-order valence-electron chi connectivity index (χ4n) is 2.84. The summed E-state index contributed by atoms with van der Waals surface area (Å²) in [5.41, 5.74) is 0. The first-order valence-electron chi connectivity index (χ1n) is 7.22. The molecule has 0 aliphatic carbocycles. The van der Waals surface area contributed by atoms with E-state index in [-0.39, 0.29) is 0 Å². The van der Waals surface area contributed by atoms with Gasteiger partial charge in [0, 0.05) is 25.0 Å². The number of rotatable bonds is 6. The van der Waals surface area contributed by atoms with Crippen molar-refractivity contribution in [2.45, 2.75) is 39.3 Å². The lowest BCUT2D eigenvalue weighted by atomic mass is 9.90. The van der Waals surface area contributed by atoms with Gasteiger partial charge >= 0.3 is 0 Å². The molecule has 0 bridgehead atoms. The van der Waals surface area contributed by atoms with Gasteiger partial charge in [-0.15, -0.1) is 0 Å². The van der Waals surface area contributed by atoms with Crippen LogP contribution in [0.3, 0.4) is 0 Å². The number of nitrogens with one attached hydrogen (secondary N) is 1. The van der Waals surface area contributed by atoms with Gasteiger partial charge in [-0.05, 0) is 51.4 Å². The topological polar surface area (TPSA) is 33.1 Å². The Hall–Kier alpha value is -0.870. The van der Waals surface area contributed by atoms with Crippen molar-refractivity contribution < 1.29 is 0 Å². The molecule has 1 aromatic rings. The van der Waals surface area contributed by atoms with E-state index >= 15 is 0 Å². The zero-order valence-electron chi connectivity index (χ0n) is 11.7. The molecule has 1 unspecified atom stereocenters. The maximum atomic E-state index is 4.25. The molecule has 0 spiro atoms. The van der Waals surface area contributed by atoms with Crippen molar-refractivity contribution in [2.24, 2.45) is 5.92 Å². The first-order valence-corrected chi connectivity index (χ1v) is 7.22. The van der Waals surface area contributed by atoms with E-state index in [0.717, 1.165) is 25.6 Å². The van der Waals surface area contributed by atoms with E-state index in [1.807, 2.05) is 23.1 Å². The third-order valence-electron chi connectivity index (χ3n) is 4.07. The Balaban J connectivity index is 1.67. The molecule has 1 aromatic heterocycles. The third-order valence-corrected chi connectivity index (χ3v) is 4.07. The van der Waals surface area contributed by atoms with E-state index in [0.29, 0.717) is 6.04 Å². The molecule has 102 valence electrons. The van der Waals surface area contributed by atoms with Crippen molar-refractivity contribution in [1.82, 2.24) is 20.0 Å². The van der Waals surface area contributed by atoms with Gasteiger partial charge in [-0.2, -0.15) is 5.10 Å². The average Bonchev–Trinajstić information content (AvgIpc) is 2.90. The average molecular weight is 250 g/mol. The number of hydrogen-bond donors (Lipinski definition) is 1. The summed E-state index contributed by atoms with van der Waals surface area (Å²) in [6, 6.07) is 2.66. The molecule has 4 heteroatoms. The van der Waals surface area contributed by atoms with E-state index in [9.17, 15) is 0 Å². The molecule has 2 heterocycles. The van der Waals surface area contributed by atoms with Crippen LogP contribution in [0.25, 0.3) is 0 Å². The second-order valence-corrected chi connectivity index (χ2v) is 5.29. The van der Waals surface area contributed by atoms with Crippen molar-refractivity contribution in [1.29, 1.82) is 0 Å². The van der Waals surface area contributed by atoms with E-state index in [2.05, 4.69) is 29.2 Å². The lowest BCUT2D eigenvalue weighted by molar-refractivity contribution is 0.157. The van der Waals surface area contributed by atoms with Gasteiger partial charge in [0.05, 0.1) is 6.54 Å². The van der Waals surface area contributed by atoms with Crippen LogP contribution in [0.2, 0.25) is 0 Å². The number of aromatic nitrogens is 2. The number of nitrogens with zero attached hydrogens (tertiary/aromatic N) is 3. The van der Waals surface area contributed by atoms with Gasteiger partial charge in [0.15, 0.2) is 0 Å². The van der Waals surface area contributed by atoms with Gasteiger partial charge in [0.1, 0.15) is 0 Å². The summed E-state index contributed by atoms with van der Waals surface area (Å²) in [6.45, 7) is 10.2. The normalized spacial score (nSPS) is 20.1. The molecule has 18 heavy (non-hydrogen) atoms. The SMILES string of the molecule is CCNC(C)C1CCN(CCn2cccn2)CC1. The minimum atomic E-state index is 0.670. The van der Waals surface area contributed by atoms with Crippen molar-refractivity contribution in [2.75, 3.05) is 26.2 Å². The molecule has 0 radical (unpaired) electrons. The van der Waals surface area contributed by atoms with Crippen molar-refractivity contribution in [3.8, 4) is 0 Å². The summed E-state index contributed by atoms with van der Waals surface area (Å²) in [4.78, 5) is 2.57. The Labute approximate surface area is 110 Å². The van der Waals surface area contributed by atoms with E-state index < -0.39 is 0 Å².